The first-order valence-electron chi connectivity index (χ1n) is 9.93. The standard InChI is InChI=1S/C24H14F6N2O2/c25-13-1-3-16-15(7-8-34-20(16)10-13)17-4-5-18(24(28,29)30)22(27)21(17)23(33)32-14-2-6-19(26)12(9-14)11-31/h1-6,9-10,15H,7-8H2,(H,32,33). The Hall–Kier alpha value is -4.00. The number of nitriles is 1. The summed E-state index contributed by atoms with van der Waals surface area (Å²) in [6.45, 7) is 0.0638. The molecule has 3 aromatic carbocycles. The van der Waals surface area contributed by atoms with E-state index in [9.17, 15) is 26.7 Å². The van der Waals surface area contributed by atoms with Crippen LogP contribution in [0.15, 0.2) is 48.5 Å². The van der Waals surface area contributed by atoms with Crippen LogP contribution in [-0.4, -0.2) is 12.5 Å². The molecule has 1 N–H and O–H groups in total. The molecule has 0 spiro atoms. The van der Waals surface area contributed by atoms with Crippen LogP contribution in [0.1, 0.15) is 45.0 Å². The first-order valence-corrected chi connectivity index (χ1v) is 9.93. The Morgan fingerprint density at radius 1 is 1.03 bits per heavy atom. The number of hydrogen-bond donors (Lipinski definition) is 1. The number of benzene rings is 3. The molecule has 174 valence electrons. The van der Waals surface area contributed by atoms with Crippen molar-refractivity contribution in [3.05, 3.63) is 93.8 Å². The molecule has 10 heteroatoms. The zero-order valence-corrected chi connectivity index (χ0v) is 17.1. The number of halogens is 6. The number of amides is 1. The number of alkyl halides is 3. The summed E-state index contributed by atoms with van der Waals surface area (Å²) < 4.78 is 88.1. The van der Waals surface area contributed by atoms with Crippen molar-refractivity contribution < 1.29 is 35.9 Å². The predicted molar refractivity (Wildman–Crippen MR) is 109 cm³/mol. The molecule has 0 aromatic heterocycles. The van der Waals surface area contributed by atoms with Crippen LogP contribution in [0.25, 0.3) is 0 Å². The van der Waals surface area contributed by atoms with E-state index in [0.29, 0.717) is 11.6 Å². The van der Waals surface area contributed by atoms with Crippen LogP contribution >= 0.6 is 0 Å². The largest absolute Gasteiger partial charge is 0.493 e. The Bertz CT molecular complexity index is 1330. The molecule has 1 heterocycles. The van der Waals surface area contributed by atoms with Gasteiger partial charge in [-0.25, -0.2) is 13.2 Å². The summed E-state index contributed by atoms with van der Waals surface area (Å²) in [5, 5.41) is 11.2. The smallest absolute Gasteiger partial charge is 0.419 e. The molecule has 0 saturated carbocycles. The second-order valence-corrected chi connectivity index (χ2v) is 7.52. The molecule has 1 atom stereocenters. The SMILES string of the molecule is N#Cc1cc(NC(=O)c2c(C3CCOc4cc(F)ccc43)ccc(C(F)(F)F)c2F)ccc1F. The van der Waals surface area contributed by atoms with E-state index in [0.717, 1.165) is 36.4 Å². The Labute approximate surface area is 189 Å². The highest BCUT2D eigenvalue weighted by Crippen LogP contribution is 2.42. The average molecular weight is 476 g/mol. The monoisotopic (exact) mass is 476 g/mol. The molecule has 0 bridgehead atoms. The topological polar surface area (TPSA) is 62.1 Å². The van der Waals surface area contributed by atoms with Gasteiger partial charge in [-0.3, -0.25) is 4.79 Å². The van der Waals surface area contributed by atoms with Gasteiger partial charge in [0.25, 0.3) is 5.91 Å². The molecule has 1 aliphatic heterocycles. The van der Waals surface area contributed by atoms with Crippen LogP contribution in [0.5, 0.6) is 5.75 Å². The second-order valence-electron chi connectivity index (χ2n) is 7.52. The summed E-state index contributed by atoms with van der Waals surface area (Å²) in [5.74, 6) is -5.08. The van der Waals surface area contributed by atoms with Gasteiger partial charge >= 0.3 is 6.18 Å². The number of carbonyl (C=O) groups is 1. The molecule has 1 amide bonds. The maximum Gasteiger partial charge on any atom is 0.419 e. The minimum atomic E-state index is -5.07. The number of hydrogen-bond acceptors (Lipinski definition) is 3. The van der Waals surface area contributed by atoms with Crippen molar-refractivity contribution in [3.63, 3.8) is 0 Å². The van der Waals surface area contributed by atoms with Crippen LogP contribution in [0.3, 0.4) is 0 Å². The lowest BCUT2D eigenvalue weighted by Crippen LogP contribution is -2.24. The summed E-state index contributed by atoms with van der Waals surface area (Å²) in [7, 11) is 0. The number of carbonyl (C=O) groups excluding carboxylic acids is 1. The van der Waals surface area contributed by atoms with Crippen molar-refractivity contribution >= 4 is 11.6 Å². The van der Waals surface area contributed by atoms with E-state index in [4.69, 9.17) is 10.00 Å². The Morgan fingerprint density at radius 3 is 2.47 bits per heavy atom. The average Bonchev–Trinajstić information content (AvgIpc) is 2.78. The van der Waals surface area contributed by atoms with E-state index >= 15 is 4.39 Å². The zero-order chi connectivity index (χ0) is 24.6. The summed E-state index contributed by atoms with van der Waals surface area (Å²) in [5.41, 5.74) is -2.69. The van der Waals surface area contributed by atoms with Crippen molar-refractivity contribution in [3.8, 4) is 11.8 Å². The molecule has 34 heavy (non-hydrogen) atoms. The van der Waals surface area contributed by atoms with Crippen molar-refractivity contribution in [1.82, 2.24) is 0 Å². The predicted octanol–water partition coefficient (Wildman–Crippen LogP) is 6.16. The van der Waals surface area contributed by atoms with Gasteiger partial charge in [-0.2, -0.15) is 18.4 Å². The lowest BCUT2D eigenvalue weighted by atomic mass is 9.83. The molecule has 3 aromatic rings. The molecule has 1 aliphatic rings. The first-order chi connectivity index (χ1) is 16.1. The number of rotatable bonds is 3. The molecule has 0 radical (unpaired) electrons. The zero-order valence-electron chi connectivity index (χ0n) is 17.1. The van der Waals surface area contributed by atoms with E-state index in [-0.39, 0.29) is 30.0 Å². The third-order valence-electron chi connectivity index (χ3n) is 5.44. The molecule has 0 aliphatic carbocycles. The maximum atomic E-state index is 15.2. The van der Waals surface area contributed by atoms with E-state index in [1.54, 1.807) is 6.07 Å². The lowest BCUT2D eigenvalue weighted by molar-refractivity contribution is -0.140. The van der Waals surface area contributed by atoms with E-state index < -0.39 is 52.1 Å². The Balaban J connectivity index is 1.84. The van der Waals surface area contributed by atoms with Crippen molar-refractivity contribution in [1.29, 1.82) is 5.26 Å². The van der Waals surface area contributed by atoms with Crippen LogP contribution < -0.4 is 10.1 Å². The second kappa shape index (κ2) is 8.74. The van der Waals surface area contributed by atoms with Gasteiger partial charge in [-0.05, 0) is 42.3 Å². The minimum absolute atomic E-state index is 0.0539. The van der Waals surface area contributed by atoms with Crippen LogP contribution in [0.2, 0.25) is 0 Å². The fourth-order valence-corrected chi connectivity index (χ4v) is 3.90. The van der Waals surface area contributed by atoms with Crippen LogP contribution in [0, 0.1) is 28.8 Å². The van der Waals surface area contributed by atoms with Gasteiger partial charge in [-0.15, -0.1) is 0 Å². The highest BCUT2D eigenvalue weighted by atomic mass is 19.4. The summed E-state index contributed by atoms with van der Waals surface area (Å²) in [6.07, 6.45) is -4.88. The lowest BCUT2D eigenvalue weighted by Gasteiger charge is -2.28. The quantitative estimate of drug-likeness (QED) is 0.461. The summed E-state index contributed by atoms with van der Waals surface area (Å²) >= 11 is 0. The van der Waals surface area contributed by atoms with Gasteiger partial charge in [0.1, 0.15) is 29.3 Å². The molecule has 4 nitrogen and oxygen atoms in total. The number of anilines is 1. The third kappa shape index (κ3) is 4.29. The van der Waals surface area contributed by atoms with E-state index in [1.807, 2.05) is 0 Å². The summed E-state index contributed by atoms with van der Waals surface area (Å²) in [6, 6.07) is 9.68. The molecule has 1 unspecified atom stereocenters. The van der Waals surface area contributed by atoms with Crippen LogP contribution in [-0.2, 0) is 6.18 Å². The fourth-order valence-electron chi connectivity index (χ4n) is 3.90. The number of nitrogens with one attached hydrogen (secondary N) is 1. The molecule has 0 fully saturated rings. The Morgan fingerprint density at radius 2 is 1.76 bits per heavy atom. The van der Waals surface area contributed by atoms with Gasteiger partial charge in [0.05, 0.1) is 23.3 Å². The van der Waals surface area contributed by atoms with Gasteiger partial charge in [0.15, 0.2) is 0 Å². The van der Waals surface area contributed by atoms with Crippen molar-refractivity contribution in [2.45, 2.75) is 18.5 Å². The minimum Gasteiger partial charge on any atom is -0.493 e. The Kier molecular flexibility index (Phi) is 5.96. The van der Waals surface area contributed by atoms with E-state index in [1.165, 1.54) is 6.07 Å². The van der Waals surface area contributed by atoms with Gasteiger partial charge in [0, 0.05) is 23.2 Å². The van der Waals surface area contributed by atoms with Crippen molar-refractivity contribution in [2.24, 2.45) is 0 Å². The molecule has 0 saturated heterocycles. The number of nitrogens with zero attached hydrogens (tertiary/aromatic N) is 1. The summed E-state index contributed by atoms with van der Waals surface area (Å²) in [4.78, 5) is 13.0. The third-order valence-corrected chi connectivity index (χ3v) is 5.44. The van der Waals surface area contributed by atoms with Crippen LogP contribution in [0.4, 0.5) is 32.0 Å². The number of fused-ring (bicyclic) bond motifs is 1. The first kappa shape index (κ1) is 23.2. The van der Waals surface area contributed by atoms with Gasteiger partial charge < -0.3 is 10.1 Å². The fraction of sp³-hybridized carbons (Fsp3) is 0.167. The van der Waals surface area contributed by atoms with Gasteiger partial charge in [0.2, 0.25) is 0 Å². The van der Waals surface area contributed by atoms with Gasteiger partial charge in [-0.1, -0.05) is 12.1 Å². The maximum absolute atomic E-state index is 15.2. The molecule has 4 rings (SSSR count). The van der Waals surface area contributed by atoms with E-state index in [2.05, 4.69) is 5.32 Å². The highest BCUT2D eigenvalue weighted by Gasteiger charge is 2.38. The molecular formula is C24H14F6N2O2. The normalized spacial score (nSPS) is 15.1. The highest BCUT2D eigenvalue weighted by molar-refractivity contribution is 6.06. The molecular weight excluding hydrogens is 462 g/mol. The number of ether oxygens (including phenoxy) is 1. The van der Waals surface area contributed by atoms with Crippen molar-refractivity contribution in [2.75, 3.05) is 11.9 Å².